The molecule has 2 N–H and O–H groups in total. The SMILES string of the molecule is COc1ccccc1NC(=O)Nc1ccc([N+](=O)[O-])cc1Br. The van der Waals surface area contributed by atoms with Crippen LogP contribution in [-0.4, -0.2) is 18.1 Å². The van der Waals surface area contributed by atoms with Gasteiger partial charge in [-0.15, -0.1) is 0 Å². The molecule has 8 heteroatoms. The first-order chi connectivity index (χ1) is 10.5. The molecule has 0 atom stereocenters. The molecule has 0 fully saturated rings. The molecule has 0 heterocycles. The highest BCUT2D eigenvalue weighted by atomic mass is 79.9. The molecule has 0 saturated heterocycles. The highest BCUT2D eigenvalue weighted by molar-refractivity contribution is 9.10. The maximum absolute atomic E-state index is 12.0. The van der Waals surface area contributed by atoms with Crippen LogP contribution in [0.2, 0.25) is 0 Å². The molecule has 2 rings (SSSR count). The van der Waals surface area contributed by atoms with E-state index in [4.69, 9.17) is 4.74 Å². The van der Waals surface area contributed by atoms with Crippen LogP contribution in [0, 0.1) is 10.1 Å². The van der Waals surface area contributed by atoms with Gasteiger partial charge in [0, 0.05) is 16.6 Å². The standard InChI is InChI=1S/C14H12BrN3O4/c1-22-13-5-3-2-4-12(13)17-14(19)16-11-7-6-9(18(20)21)8-10(11)15/h2-8H,1H3,(H2,16,17,19). The molecule has 0 aromatic heterocycles. The number of halogens is 1. The molecule has 2 aromatic rings. The third-order valence-electron chi connectivity index (χ3n) is 2.77. The van der Waals surface area contributed by atoms with E-state index in [-0.39, 0.29) is 5.69 Å². The molecule has 0 saturated carbocycles. The molecular formula is C14H12BrN3O4. The number of hydrogen-bond donors (Lipinski definition) is 2. The molecule has 0 aliphatic rings. The second kappa shape index (κ2) is 6.90. The van der Waals surface area contributed by atoms with Crippen molar-refractivity contribution in [3.63, 3.8) is 0 Å². The minimum Gasteiger partial charge on any atom is -0.495 e. The maximum Gasteiger partial charge on any atom is 0.323 e. The molecule has 7 nitrogen and oxygen atoms in total. The summed E-state index contributed by atoms with van der Waals surface area (Å²) in [6.45, 7) is 0. The minimum atomic E-state index is -0.510. The number of urea groups is 1. The molecule has 0 aliphatic heterocycles. The number of methoxy groups -OCH3 is 1. The summed E-state index contributed by atoms with van der Waals surface area (Å²) in [6, 6.07) is 10.6. The first kappa shape index (κ1) is 15.8. The zero-order valence-corrected chi connectivity index (χ0v) is 13.1. The van der Waals surface area contributed by atoms with E-state index in [1.807, 2.05) is 0 Å². The number of carbonyl (C=O) groups excluding carboxylic acids is 1. The Morgan fingerprint density at radius 1 is 1.18 bits per heavy atom. The smallest absolute Gasteiger partial charge is 0.323 e. The number of anilines is 2. The summed E-state index contributed by atoms with van der Waals surface area (Å²) in [5.74, 6) is 0.528. The van der Waals surface area contributed by atoms with Crippen LogP contribution in [0.1, 0.15) is 0 Å². The topological polar surface area (TPSA) is 93.5 Å². The summed E-state index contributed by atoms with van der Waals surface area (Å²) in [4.78, 5) is 22.1. The summed E-state index contributed by atoms with van der Waals surface area (Å²) in [5.41, 5.74) is 0.862. The number of rotatable bonds is 4. The zero-order chi connectivity index (χ0) is 16.1. The van der Waals surface area contributed by atoms with Gasteiger partial charge < -0.3 is 15.4 Å². The summed E-state index contributed by atoms with van der Waals surface area (Å²) < 4.78 is 5.55. The van der Waals surface area contributed by atoms with Crippen LogP contribution in [-0.2, 0) is 0 Å². The van der Waals surface area contributed by atoms with Gasteiger partial charge in [-0.1, -0.05) is 12.1 Å². The van der Waals surface area contributed by atoms with E-state index in [0.29, 0.717) is 21.6 Å². The van der Waals surface area contributed by atoms with Crippen LogP contribution >= 0.6 is 15.9 Å². The van der Waals surface area contributed by atoms with Crippen molar-refractivity contribution in [2.24, 2.45) is 0 Å². The normalized spacial score (nSPS) is 9.91. The van der Waals surface area contributed by atoms with E-state index < -0.39 is 11.0 Å². The number of nitro benzene ring substituents is 1. The highest BCUT2D eigenvalue weighted by Gasteiger charge is 2.12. The summed E-state index contributed by atoms with van der Waals surface area (Å²) in [5, 5.41) is 15.9. The number of hydrogen-bond acceptors (Lipinski definition) is 4. The van der Waals surface area contributed by atoms with E-state index in [1.165, 1.54) is 25.3 Å². The molecule has 22 heavy (non-hydrogen) atoms. The van der Waals surface area contributed by atoms with Crippen molar-refractivity contribution in [3.8, 4) is 5.75 Å². The number of non-ortho nitro benzene ring substituents is 1. The van der Waals surface area contributed by atoms with Gasteiger partial charge in [-0.25, -0.2) is 4.79 Å². The Labute approximate surface area is 134 Å². The lowest BCUT2D eigenvalue weighted by Crippen LogP contribution is -2.20. The molecule has 0 bridgehead atoms. The fraction of sp³-hybridized carbons (Fsp3) is 0.0714. The quantitative estimate of drug-likeness (QED) is 0.632. The monoisotopic (exact) mass is 365 g/mol. The Morgan fingerprint density at radius 3 is 2.50 bits per heavy atom. The lowest BCUT2D eigenvalue weighted by atomic mass is 10.3. The molecule has 2 aromatic carbocycles. The Hall–Kier alpha value is -2.61. The van der Waals surface area contributed by atoms with Gasteiger partial charge in [0.1, 0.15) is 5.75 Å². The highest BCUT2D eigenvalue weighted by Crippen LogP contribution is 2.28. The Morgan fingerprint density at radius 2 is 1.86 bits per heavy atom. The number of benzene rings is 2. The average molecular weight is 366 g/mol. The van der Waals surface area contributed by atoms with Crippen molar-refractivity contribution >= 4 is 39.0 Å². The van der Waals surface area contributed by atoms with E-state index in [9.17, 15) is 14.9 Å². The molecule has 0 spiro atoms. The molecule has 0 unspecified atom stereocenters. The van der Waals surface area contributed by atoms with Gasteiger partial charge in [0.05, 0.1) is 23.4 Å². The van der Waals surface area contributed by atoms with Gasteiger partial charge in [0.25, 0.3) is 5.69 Å². The molecule has 114 valence electrons. The Kier molecular flexibility index (Phi) is 4.95. The molecule has 2 amide bonds. The fourth-order valence-electron chi connectivity index (χ4n) is 1.74. The average Bonchev–Trinajstić information content (AvgIpc) is 2.49. The van der Waals surface area contributed by atoms with Gasteiger partial charge in [-0.05, 0) is 34.1 Å². The van der Waals surface area contributed by atoms with Crippen molar-refractivity contribution in [1.82, 2.24) is 0 Å². The van der Waals surface area contributed by atoms with Crippen LogP contribution < -0.4 is 15.4 Å². The van der Waals surface area contributed by atoms with Gasteiger partial charge in [0.15, 0.2) is 0 Å². The van der Waals surface area contributed by atoms with Crippen molar-refractivity contribution in [2.75, 3.05) is 17.7 Å². The number of nitro groups is 1. The number of ether oxygens (including phenoxy) is 1. The van der Waals surface area contributed by atoms with E-state index >= 15 is 0 Å². The lowest BCUT2D eigenvalue weighted by Gasteiger charge is -2.11. The van der Waals surface area contributed by atoms with Crippen molar-refractivity contribution in [2.45, 2.75) is 0 Å². The third kappa shape index (κ3) is 3.73. The molecule has 0 radical (unpaired) electrons. The lowest BCUT2D eigenvalue weighted by molar-refractivity contribution is -0.384. The van der Waals surface area contributed by atoms with Crippen LogP contribution in [0.5, 0.6) is 5.75 Å². The first-order valence-corrected chi connectivity index (χ1v) is 6.95. The summed E-state index contributed by atoms with van der Waals surface area (Å²) in [7, 11) is 1.51. The van der Waals surface area contributed by atoms with Gasteiger partial charge in [-0.2, -0.15) is 0 Å². The number of amides is 2. The largest absolute Gasteiger partial charge is 0.495 e. The van der Waals surface area contributed by atoms with Crippen LogP contribution in [0.4, 0.5) is 21.9 Å². The number of carbonyl (C=O) groups is 1. The zero-order valence-electron chi connectivity index (χ0n) is 11.5. The predicted molar refractivity (Wildman–Crippen MR) is 86.4 cm³/mol. The summed E-state index contributed by atoms with van der Waals surface area (Å²) >= 11 is 3.19. The van der Waals surface area contributed by atoms with E-state index in [1.54, 1.807) is 24.3 Å². The maximum atomic E-state index is 12.0. The minimum absolute atomic E-state index is 0.0671. The second-order valence-electron chi connectivity index (χ2n) is 4.20. The third-order valence-corrected chi connectivity index (χ3v) is 3.42. The van der Waals surface area contributed by atoms with Crippen molar-refractivity contribution < 1.29 is 14.5 Å². The van der Waals surface area contributed by atoms with E-state index in [0.717, 1.165) is 0 Å². The Bertz CT molecular complexity index is 721. The number of para-hydroxylation sites is 2. The predicted octanol–water partition coefficient (Wildman–Crippen LogP) is 4.01. The van der Waals surface area contributed by atoms with Gasteiger partial charge in [-0.3, -0.25) is 10.1 Å². The van der Waals surface area contributed by atoms with Crippen LogP contribution in [0.3, 0.4) is 0 Å². The Balaban J connectivity index is 2.11. The number of nitrogens with one attached hydrogen (secondary N) is 2. The van der Waals surface area contributed by atoms with Crippen LogP contribution in [0.15, 0.2) is 46.9 Å². The molecular weight excluding hydrogens is 354 g/mol. The molecule has 0 aliphatic carbocycles. The van der Waals surface area contributed by atoms with Crippen LogP contribution in [0.25, 0.3) is 0 Å². The fourth-order valence-corrected chi connectivity index (χ4v) is 2.21. The van der Waals surface area contributed by atoms with E-state index in [2.05, 4.69) is 26.6 Å². The van der Waals surface area contributed by atoms with Crippen molar-refractivity contribution in [3.05, 3.63) is 57.1 Å². The first-order valence-electron chi connectivity index (χ1n) is 6.16. The number of nitrogens with zero attached hydrogens (tertiary/aromatic N) is 1. The van der Waals surface area contributed by atoms with Gasteiger partial charge in [0.2, 0.25) is 0 Å². The summed E-state index contributed by atoms with van der Waals surface area (Å²) in [6.07, 6.45) is 0. The van der Waals surface area contributed by atoms with Gasteiger partial charge >= 0.3 is 6.03 Å². The second-order valence-corrected chi connectivity index (χ2v) is 5.06. The van der Waals surface area contributed by atoms with Crippen molar-refractivity contribution in [1.29, 1.82) is 0 Å².